The molecule has 0 radical (unpaired) electrons. The Hall–Kier alpha value is -2.25. The summed E-state index contributed by atoms with van der Waals surface area (Å²) < 4.78 is 14.7. The molecule has 1 saturated heterocycles. The summed E-state index contributed by atoms with van der Waals surface area (Å²) in [6.07, 6.45) is 1.40. The molecule has 23 heavy (non-hydrogen) atoms. The van der Waals surface area contributed by atoms with Crippen LogP contribution in [0.15, 0.2) is 30.5 Å². The van der Waals surface area contributed by atoms with E-state index in [0.717, 1.165) is 0 Å². The summed E-state index contributed by atoms with van der Waals surface area (Å²) in [5, 5.41) is 7.21. The topological polar surface area (TPSA) is 71.0 Å². The molecule has 122 valence electrons. The average Bonchev–Trinajstić information content (AvgIpc) is 3.06. The summed E-state index contributed by atoms with van der Waals surface area (Å²) >= 11 is 0. The number of carbonyl (C=O) groups excluding carboxylic acids is 1. The van der Waals surface area contributed by atoms with E-state index in [9.17, 15) is 9.18 Å². The fourth-order valence-corrected chi connectivity index (χ4v) is 2.63. The lowest BCUT2D eigenvalue weighted by Gasteiger charge is -2.17. The molecule has 3 rings (SSSR count). The number of hydrazine groups is 1. The smallest absolute Gasteiger partial charge is 0.256 e. The molecule has 0 aliphatic carbocycles. The van der Waals surface area contributed by atoms with Crippen molar-refractivity contribution in [1.29, 1.82) is 0 Å². The van der Waals surface area contributed by atoms with Crippen LogP contribution in [0, 0.1) is 18.7 Å². The molecule has 2 heterocycles. The van der Waals surface area contributed by atoms with E-state index in [1.54, 1.807) is 16.8 Å². The zero-order valence-corrected chi connectivity index (χ0v) is 13.3. The molecule has 0 bridgehead atoms. The lowest BCUT2D eigenvalue weighted by Crippen LogP contribution is -2.46. The molecule has 1 fully saturated rings. The maximum absolute atomic E-state index is 13.0. The Kier molecular flexibility index (Phi) is 4.14. The average molecular weight is 317 g/mol. The molecule has 3 atom stereocenters. The highest BCUT2D eigenvalue weighted by atomic mass is 19.1. The summed E-state index contributed by atoms with van der Waals surface area (Å²) in [6, 6.07) is 6.27. The van der Waals surface area contributed by atoms with Gasteiger partial charge in [-0.3, -0.25) is 10.2 Å². The lowest BCUT2D eigenvalue weighted by atomic mass is 10.0. The number of hydrogen-bond donors (Lipinski definition) is 3. The molecule has 1 aliphatic rings. The minimum Gasteiger partial charge on any atom is -0.335 e. The van der Waals surface area contributed by atoms with Gasteiger partial charge in [-0.1, -0.05) is 6.92 Å². The number of carbonyl (C=O) groups is 1. The fourth-order valence-electron chi connectivity index (χ4n) is 2.63. The zero-order valence-electron chi connectivity index (χ0n) is 13.3. The minimum absolute atomic E-state index is 0.133. The van der Waals surface area contributed by atoms with Crippen molar-refractivity contribution in [1.82, 2.24) is 25.9 Å². The van der Waals surface area contributed by atoms with Crippen LogP contribution in [0.5, 0.6) is 0 Å². The number of nitrogens with one attached hydrogen (secondary N) is 3. The summed E-state index contributed by atoms with van der Waals surface area (Å²) in [7, 11) is 0. The molecular formula is C16H20FN5O. The molecule has 0 saturated carbocycles. The first-order chi connectivity index (χ1) is 11.0. The van der Waals surface area contributed by atoms with Crippen LogP contribution in [0.2, 0.25) is 0 Å². The van der Waals surface area contributed by atoms with Gasteiger partial charge in [0.2, 0.25) is 0 Å². The second-order valence-corrected chi connectivity index (χ2v) is 5.92. The number of hydrogen-bond acceptors (Lipinski definition) is 4. The largest absolute Gasteiger partial charge is 0.335 e. The van der Waals surface area contributed by atoms with Gasteiger partial charge >= 0.3 is 0 Å². The van der Waals surface area contributed by atoms with Gasteiger partial charge in [0.05, 0.1) is 29.3 Å². The third kappa shape index (κ3) is 2.97. The Morgan fingerprint density at radius 3 is 2.57 bits per heavy atom. The second kappa shape index (κ2) is 6.10. The van der Waals surface area contributed by atoms with E-state index in [0.29, 0.717) is 16.9 Å². The Morgan fingerprint density at radius 1 is 1.26 bits per heavy atom. The molecule has 0 spiro atoms. The first-order valence-electron chi connectivity index (χ1n) is 7.60. The quantitative estimate of drug-likeness (QED) is 0.802. The van der Waals surface area contributed by atoms with Crippen molar-refractivity contribution in [3.8, 4) is 5.69 Å². The number of amides is 1. The van der Waals surface area contributed by atoms with E-state index < -0.39 is 0 Å². The molecule has 3 N–H and O–H groups in total. The second-order valence-electron chi connectivity index (χ2n) is 5.92. The Bertz CT molecular complexity index is 712. The van der Waals surface area contributed by atoms with Gasteiger partial charge < -0.3 is 5.32 Å². The standard InChI is InChI=1S/C16H20FN5O/c1-9-10(2)20-21-15(9)19-16(23)14-8-18-22(11(14)3)13-6-4-12(17)5-7-13/h4-10,15,20-21H,1-3H3,(H,19,23). The van der Waals surface area contributed by atoms with Gasteiger partial charge in [-0.15, -0.1) is 0 Å². The van der Waals surface area contributed by atoms with Gasteiger partial charge in [-0.05, 0) is 38.1 Å². The summed E-state index contributed by atoms with van der Waals surface area (Å²) in [4.78, 5) is 12.5. The van der Waals surface area contributed by atoms with Crippen molar-refractivity contribution in [3.63, 3.8) is 0 Å². The molecule has 1 aromatic carbocycles. The minimum atomic E-state index is -0.306. The highest BCUT2D eigenvalue weighted by Gasteiger charge is 2.31. The maximum atomic E-state index is 13.0. The van der Waals surface area contributed by atoms with Crippen molar-refractivity contribution in [2.45, 2.75) is 33.0 Å². The van der Waals surface area contributed by atoms with Crippen LogP contribution < -0.4 is 16.2 Å². The molecule has 1 aliphatic heterocycles. The predicted octanol–water partition coefficient (Wildman–Crippen LogP) is 1.51. The summed E-state index contributed by atoms with van der Waals surface area (Å²) in [5.41, 5.74) is 8.10. The lowest BCUT2D eigenvalue weighted by molar-refractivity contribution is 0.0922. The molecule has 1 aromatic heterocycles. The third-order valence-electron chi connectivity index (χ3n) is 4.39. The van der Waals surface area contributed by atoms with Crippen LogP contribution in [-0.4, -0.2) is 27.9 Å². The highest BCUT2D eigenvalue weighted by molar-refractivity contribution is 5.95. The molecular weight excluding hydrogens is 297 g/mol. The van der Waals surface area contributed by atoms with Crippen molar-refractivity contribution in [2.75, 3.05) is 0 Å². The first-order valence-corrected chi connectivity index (χ1v) is 7.60. The van der Waals surface area contributed by atoms with Crippen molar-refractivity contribution in [2.24, 2.45) is 5.92 Å². The number of halogens is 1. The summed E-state index contributed by atoms with van der Waals surface area (Å²) in [5.74, 6) is -0.220. The van der Waals surface area contributed by atoms with Crippen molar-refractivity contribution in [3.05, 3.63) is 47.5 Å². The van der Waals surface area contributed by atoms with Gasteiger partial charge in [0.25, 0.3) is 5.91 Å². The van der Waals surface area contributed by atoms with Crippen molar-refractivity contribution >= 4 is 5.91 Å². The number of nitrogens with zero attached hydrogens (tertiary/aromatic N) is 2. The Balaban J connectivity index is 1.79. The van der Waals surface area contributed by atoms with E-state index in [4.69, 9.17) is 0 Å². The van der Waals surface area contributed by atoms with E-state index in [1.165, 1.54) is 18.3 Å². The van der Waals surface area contributed by atoms with E-state index in [1.807, 2.05) is 6.92 Å². The molecule has 3 unspecified atom stereocenters. The third-order valence-corrected chi connectivity index (χ3v) is 4.39. The zero-order chi connectivity index (χ0) is 16.6. The highest BCUT2D eigenvalue weighted by Crippen LogP contribution is 2.16. The van der Waals surface area contributed by atoms with Crippen LogP contribution in [0.25, 0.3) is 5.69 Å². The number of rotatable bonds is 3. The van der Waals surface area contributed by atoms with E-state index >= 15 is 0 Å². The van der Waals surface area contributed by atoms with Gasteiger partial charge in [0.1, 0.15) is 5.82 Å². The van der Waals surface area contributed by atoms with Gasteiger partial charge in [0.15, 0.2) is 0 Å². The molecule has 2 aromatic rings. The van der Waals surface area contributed by atoms with Crippen LogP contribution in [0.1, 0.15) is 29.9 Å². The maximum Gasteiger partial charge on any atom is 0.256 e. The van der Waals surface area contributed by atoms with Crippen LogP contribution in [0.3, 0.4) is 0 Å². The van der Waals surface area contributed by atoms with Gasteiger partial charge in [-0.25, -0.2) is 14.5 Å². The number of benzene rings is 1. The van der Waals surface area contributed by atoms with Crippen LogP contribution in [-0.2, 0) is 0 Å². The molecule has 7 heteroatoms. The van der Waals surface area contributed by atoms with E-state index in [2.05, 4.69) is 35.1 Å². The van der Waals surface area contributed by atoms with Crippen molar-refractivity contribution < 1.29 is 9.18 Å². The van der Waals surface area contributed by atoms with Gasteiger partial charge in [0, 0.05) is 12.0 Å². The predicted molar refractivity (Wildman–Crippen MR) is 84.4 cm³/mol. The normalized spacial score (nSPS) is 23.9. The van der Waals surface area contributed by atoms with Crippen LogP contribution in [0.4, 0.5) is 4.39 Å². The summed E-state index contributed by atoms with van der Waals surface area (Å²) in [6.45, 7) is 5.94. The number of aromatic nitrogens is 2. The van der Waals surface area contributed by atoms with E-state index in [-0.39, 0.29) is 29.8 Å². The van der Waals surface area contributed by atoms with Crippen LogP contribution >= 0.6 is 0 Å². The SMILES string of the molecule is Cc1c(C(=O)NC2NNC(C)C2C)cnn1-c1ccc(F)cc1. The van der Waals surface area contributed by atoms with Gasteiger partial charge in [-0.2, -0.15) is 5.10 Å². The Morgan fingerprint density at radius 2 is 1.96 bits per heavy atom. The Labute approximate surface area is 134 Å². The monoisotopic (exact) mass is 317 g/mol. The first kappa shape index (κ1) is 15.6. The molecule has 6 nitrogen and oxygen atoms in total. The molecule has 1 amide bonds. The fraction of sp³-hybridized carbons (Fsp3) is 0.375.